The molecule has 1 N–H and O–H groups in total. The van der Waals surface area contributed by atoms with Gasteiger partial charge in [-0.1, -0.05) is 18.2 Å². The van der Waals surface area contributed by atoms with Crippen LogP contribution in [-0.4, -0.2) is 64.1 Å². The summed E-state index contributed by atoms with van der Waals surface area (Å²) < 4.78 is 29.0. The molecule has 2 aromatic rings. The molecule has 5 rings (SSSR count). The molecule has 3 aliphatic rings. The predicted molar refractivity (Wildman–Crippen MR) is 115 cm³/mol. The Morgan fingerprint density at radius 3 is 2.58 bits per heavy atom. The van der Waals surface area contributed by atoms with Gasteiger partial charge < -0.3 is 33.7 Å². The topological polar surface area (TPSA) is 69.6 Å². The number of rotatable bonds is 4. The smallest absolute Gasteiger partial charge is 0.164 e. The normalized spacial score (nSPS) is 27.5. The number of fused-ring (bicyclic) bond motifs is 2. The lowest BCUT2D eigenvalue weighted by Gasteiger charge is -2.36. The third-order valence-corrected chi connectivity index (χ3v) is 6.50. The Bertz CT molecular complexity index is 944. The molecule has 0 spiro atoms. The summed E-state index contributed by atoms with van der Waals surface area (Å²) in [6, 6.07) is 11.9. The van der Waals surface area contributed by atoms with Crippen LogP contribution in [0.3, 0.4) is 0 Å². The molecule has 0 radical (unpaired) electrons. The largest absolute Gasteiger partial charge is 0.496 e. The van der Waals surface area contributed by atoms with Crippen molar-refractivity contribution in [1.82, 2.24) is 0 Å². The zero-order chi connectivity index (χ0) is 21.4. The first-order valence-corrected chi connectivity index (χ1v) is 10.8. The molecular weight excluding hydrogens is 398 g/mol. The SMILES string of the molecule is COc1cc2c(cc1C1(C)c3ccccc3N(CC3COCCO3)C1O)OCCCO2. The lowest BCUT2D eigenvalue weighted by molar-refractivity contribution is -0.0865. The molecular formula is C24H29NO6. The van der Waals surface area contributed by atoms with E-state index >= 15 is 0 Å². The highest BCUT2D eigenvalue weighted by atomic mass is 16.6. The predicted octanol–water partition coefficient (Wildman–Crippen LogP) is 2.72. The first-order valence-electron chi connectivity index (χ1n) is 10.8. The Kier molecular flexibility index (Phi) is 5.42. The summed E-state index contributed by atoms with van der Waals surface area (Å²) in [7, 11) is 1.64. The molecule has 0 aromatic heterocycles. The highest BCUT2D eigenvalue weighted by Crippen LogP contribution is 2.52. The van der Waals surface area contributed by atoms with Crippen LogP contribution in [-0.2, 0) is 14.9 Å². The van der Waals surface area contributed by atoms with Crippen LogP contribution in [0.5, 0.6) is 17.2 Å². The van der Waals surface area contributed by atoms with E-state index in [0.29, 0.717) is 56.8 Å². The van der Waals surface area contributed by atoms with Crippen LogP contribution in [0.25, 0.3) is 0 Å². The Morgan fingerprint density at radius 1 is 1.06 bits per heavy atom. The summed E-state index contributed by atoms with van der Waals surface area (Å²) in [5.74, 6) is 2.02. The Hall–Kier alpha value is -2.48. The van der Waals surface area contributed by atoms with Crippen molar-refractivity contribution in [2.75, 3.05) is 51.6 Å². The van der Waals surface area contributed by atoms with Crippen molar-refractivity contribution in [3.63, 3.8) is 0 Å². The van der Waals surface area contributed by atoms with Crippen molar-refractivity contribution in [2.24, 2.45) is 0 Å². The zero-order valence-corrected chi connectivity index (χ0v) is 18.0. The summed E-state index contributed by atoms with van der Waals surface area (Å²) in [6.07, 6.45) is -0.0784. The molecule has 1 fully saturated rings. The minimum atomic E-state index is -0.811. The van der Waals surface area contributed by atoms with Crippen molar-refractivity contribution in [1.29, 1.82) is 0 Å². The molecule has 7 nitrogen and oxygen atoms in total. The average molecular weight is 427 g/mol. The Labute approximate surface area is 182 Å². The lowest BCUT2D eigenvalue weighted by Crippen LogP contribution is -2.48. The first kappa shape index (κ1) is 20.4. The molecule has 3 atom stereocenters. The Morgan fingerprint density at radius 2 is 1.84 bits per heavy atom. The number of hydrogen-bond acceptors (Lipinski definition) is 7. The molecule has 1 saturated heterocycles. The molecule has 0 aliphatic carbocycles. The maximum Gasteiger partial charge on any atom is 0.164 e. The van der Waals surface area contributed by atoms with E-state index in [-0.39, 0.29) is 6.10 Å². The van der Waals surface area contributed by atoms with Gasteiger partial charge in [0.1, 0.15) is 12.0 Å². The molecule has 3 aliphatic heterocycles. The van der Waals surface area contributed by atoms with E-state index < -0.39 is 11.6 Å². The van der Waals surface area contributed by atoms with Crippen molar-refractivity contribution in [3.05, 3.63) is 47.5 Å². The number of nitrogens with zero attached hydrogens (tertiary/aromatic N) is 1. The van der Waals surface area contributed by atoms with E-state index in [1.807, 2.05) is 35.2 Å². The minimum absolute atomic E-state index is 0.0931. The van der Waals surface area contributed by atoms with E-state index in [4.69, 9.17) is 23.7 Å². The second-order valence-electron chi connectivity index (χ2n) is 8.36. The third-order valence-electron chi connectivity index (χ3n) is 6.50. The van der Waals surface area contributed by atoms with Gasteiger partial charge in [0, 0.05) is 30.3 Å². The van der Waals surface area contributed by atoms with Crippen LogP contribution in [0.2, 0.25) is 0 Å². The van der Waals surface area contributed by atoms with Crippen LogP contribution < -0.4 is 19.1 Å². The third kappa shape index (κ3) is 3.41. The molecule has 3 unspecified atom stereocenters. The van der Waals surface area contributed by atoms with E-state index in [9.17, 15) is 5.11 Å². The number of para-hydroxylation sites is 1. The number of anilines is 1. The monoisotopic (exact) mass is 427 g/mol. The van der Waals surface area contributed by atoms with Crippen LogP contribution >= 0.6 is 0 Å². The molecule has 7 heteroatoms. The van der Waals surface area contributed by atoms with Gasteiger partial charge in [0.05, 0.1) is 51.7 Å². The van der Waals surface area contributed by atoms with Crippen LogP contribution in [0.1, 0.15) is 24.5 Å². The van der Waals surface area contributed by atoms with Gasteiger partial charge in [0.25, 0.3) is 0 Å². The van der Waals surface area contributed by atoms with Gasteiger partial charge in [0.15, 0.2) is 11.5 Å². The van der Waals surface area contributed by atoms with E-state index in [0.717, 1.165) is 23.2 Å². The van der Waals surface area contributed by atoms with Crippen molar-refractivity contribution < 1.29 is 28.8 Å². The van der Waals surface area contributed by atoms with E-state index in [1.54, 1.807) is 7.11 Å². The molecule has 3 heterocycles. The van der Waals surface area contributed by atoms with Gasteiger partial charge >= 0.3 is 0 Å². The summed E-state index contributed by atoms with van der Waals surface area (Å²) in [5.41, 5.74) is 2.15. The van der Waals surface area contributed by atoms with Crippen molar-refractivity contribution in [2.45, 2.75) is 31.1 Å². The molecule has 0 bridgehead atoms. The summed E-state index contributed by atoms with van der Waals surface area (Å²) in [5, 5.41) is 11.7. The number of methoxy groups -OCH3 is 1. The maximum atomic E-state index is 11.7. The molecule has 2 aromatic carbocycles. The lowest BCUT2D eigenvalue weighted by atomic mass is 9.76. The summed E-state index contributed by atoms with van der Waals surface area (Å²) in [6.45, 7) is 5.51. The molecule has 0 saturated carbocycles. The number of hydrogen-bond donors (Lipinski definition) is 1. The highest BCUT2D eigenvalue weighted by molar-refractivity contribution is 5.69. The van der Waals surface area contributed by atoms with Crippen LogP contribution in [0.15, 0.2) is 36.4 Å². The number of aliphatic hydroxyl groups is 1. The van der Waals surface area contributed by atoms with Gasteiger partial charge in [-0.3, -0.25) is 0 Å². The van der Waals surface area contributed by atoms with Crippen molar-refractivity contribution in [3.8, 4) is 17.2 Å². The first-order chi connectivity index (χ1) is 15.1. The molecule has 31 heavy (non-hydrogen) atoms. The van der Waals surface area contributed by atoms with Crippen molar-refractivity contribution >= 4 is 5.69 Å². The van der Waals surface area contributed by atoms with E-state index in [1.165, 1.54) is 0 Å². The Balaban J connectivity index is 1.59. The quantitative estimate of drug-likeness (QED) is 0.805. The van der Waals surface area contributed by atoms with Gasteiger partial charge in [-0.2, -0.15) is 0 Å². The van der Waals surface area contributed by atoms with Crippen LogP contribution in [0.4, 0.5) is 5.69 Å². The number of aliphatic hydroxyl groups excluding tert-OH is 1. The maximum absolute atomic E-state index is 11.7. The highest BCUT2D eigenvalue weighted by Gasteiger charge is 2.50. The van der Waals surface area contributed by atoms with Gasteiger partial charge in [-0.15, -0.1) is 0 Å². The molecule has 0 amide bonds. The fourth-order valence-electron chi connectivity index (χ4n) is 4.85. The summed E-state index contributed by atoms with van der Waals surface area (Å²) in [4.78, 5) is 2.01. The van der Waals surface area contributed by atoms with Gasteiger partial charge in [-0.25, -0.2) is 0 Å². The van der Waals surface area contributed by atoms with Gasteiger partial charge in [-0.05, 0) is 24.6 Å². The fourth-order valence-corrected chi connectivity index (χ4v) is 4.85. The van der Waals surface area contributed by atoms with Gasteiger partial charge in [0.2, 0.25) is 0 Å². The second kappa shape index (κ2) is 8.22. The number of ether oxygens (including phenoxy) is 5. The standard InChI is InChI=1S/C24H29NO6/c1-24(18-12-21-22(13-20(18)27-2)31-9-5-8-30-21)17-6-3-4-7-19(17)25(23(24)26)14-16-15-28-10-11-29-16/h3-4,6-7,12-13,16,23,26H,5,8-11,14-15H2,1-2H3. The number of benzene rings is 2. The molecule has 166 valence electrons. The average Bonchev–Trinajstić information content (AvgIpc) is 2.96. The zero-order valence-electron chi connectivity index (χ0n) is 18.0. The van der Waals surface area contributed by atoms with E-state index in [2.05, 4.69) is 13.0 Å². The van der Waals surface area contributed by atoms with Crippen LogP contribution in [0, 0.1) is 0 Å². The minimum Gasteiger partial charge on any atom is -0.496 e. The summed E-state index contributed by atoms with van der Waals surface area (Å²) >= 11 is 0. The fraction of sp³-hybridized carbons (Fsp3) is 0.500. The second-order valence-corrected chi connectivity index (χ2v) is 8.36.